The molecule has 2 aliphatic rings. The molecule has 0 atom stereocenters. The second-order valence-corrected chi connectivity index (χ2v) is 9.42. The van der Waals surface area contributed by atoms with Gasteiger partial charge in [0.05, 0.1) is 24.0 Å². The fraction of sp³-hybridized carbons (Fsp3) is 0.423. The monoisotopic (exact) mass is 443 g/mol. The van der Waals surface area contributed by atoms with Gasteiger partial charge in [0.1, 0.15) is 11.4 Å². The molecule has 6 rings (SSSR count). The Hall–Kier alpha value is -3.19. The normalized spacial score (nSPS) is 17.2. The summed E-state index contributed by atoms with van der Waals surface area (Å²) in [7, 11) is 0. The van der Waals surface area contributed by atoms with Crippen molar-refractivity contribution in [2.75, 3.05) is 13.2 Å². The lowest BCUT2D eigenvalue weighted by Gasteiger charge is -2.21. The van der Waals surface area contributed by atoms with Crippen LogP contribution < -0.4 is 4.74 Å². The molecule has 7 heteroatoms. The third kappa shape index (κ3) is 4.02. The number of ether oxygens (including phenoxy) is 2. The van der Waals surface area contributed by atoms with Crippen molar-refractivity contribution in [2.24, 2.45) is 0 Å². The smallest absolute Gasteiger partial charge is 0.168 e. The minimum atomic E-state index is 0.332. The summed E-state index contributed by atoms with van der Waals surface area (Å²) in [6.45, 7) is 5.83. The molecular formula is C26H29N5O2. The van der Waals surface area contributed by atoms with E-state index in [4.69, 9.17) is 14.6 Å². The summed E-state index contributed by atoms with van der Waals surface area (Å²) in [6, 6.07) is 9.12. The fourth-order valence-corrected chi connectivity index (χ4v) is 4.53. The molecule has 1 aromatic carbocycles. The topological polar surface area (TPSA) is 67.0 Å². The third-order valence-corrected chi connectivity index (χ3v) is 6.64. The first-order chi connectivity index (χ1) is 16.2. The van der Waals surface area contributed by atoms with Gasteiger partial charge in [-0.2, -0.15) is 10.2 Å². The molecule has 3 aromatic heterocycles. The van der Waals surface area contributed by atoms with Gasteiger partial charge in [0, 0.05) is 48.5 Å². The Bertz CT molecular complexity index is 1280. The molecule has 1 saturated heterocycles. The molecule has 0 N–H and O–H groups in total. The molecule has 170 valence electrons. The summed E-state index contributed by atoms with van der Waals surface area (Å²) >= 11 is 0. The van der Waals surface area contributed by atoms with E-state index in [-0.39, 0.29) is 0 Å². The molecule has 0 radical (unpaired) electrons. The lowest BCUT2D eigenvalue weighted by atomic mass is 9.96. The summed E-state index contributed by atoms with van der Waals surface area (Å²) < 4.78 is 16.2. The summed E-state index contributed by atoms with van der Waals surface area (Å²) in [5.74, 6) is 2.06. The van der Waals surface area contributed by atoms with E-state index < -0.39 is 0 Å². The van der Waals surface area contributed by atoms with Gasteiger partial charge in [0.2, 0.25) is 0 Å². The highest BCUT2D eigenvalue weighted by Gasteiger charge is 2.30. The zero-order chi connectivity index (χ0) is 22.4. The van der Waals surface area contributed by atoms with Crippen LogP contribution in [0.2, 0.25) is 0 Å². The average Bonchev–Trinajstić information content (AvgIpc) is 3.41. The SMILES string of the molecule is CC(C)n1cc(-c2ccc3c(Oc4cn(C5CC5)nc4C4CCOCC4)ccnc3c2)cn1. The van der Waals surface area contributed by atoms with Crippen molar-refractivity contribution < 1.29 is 9.47 Å². The average molecular weight is 444 g/mol. The lowest BCUT2D eigenvalue weighted by molar-refractivity contribution is 0.0839. The number of rotatable bonds is 6. The Kier molecular flexibility index (Phi) is 5.14. The number of hydrogen-bond donors (Lipinski definition) is 0. The zero-order valence-corrected chi connectivity index (χ0v) is 19.1. The summed E-state index contributed by atoms with van der Waals surface area (Å²) in [4.78, 5) is 4.62. The molecule has 1 aliphatic heterocycles. The molecule has 0 amide bonds. The molecule has 2 fully saturated rings. The number of hydrogen-bond acceptors (Lipinski definition) is 5. The van der Waals surface area contributed by atoms with Crippen molar-refractivity contribution >= 4 is 10.9 Å². The summed E-state index contributed by atoms with van der Waals surface area (Å²) in [5.41, 5.74) is 4.16. The van der Waals surface area contributed by atoms with Gasteiger partial charge in [-0.3, -0.25) is 14.3 Å². The highest BCUT2D eigenvalue weighted by atomic mass is 16.5. The van der Waals surface area contributed by atoms with Crippen LogP contribution in [0.15, 0.2) is 49.1 Å². The maximum atomic E-state index is 6.54. The van der Waals surface area contributed by atoms with Crippen LogP contribution in [0.5, 0.6) is 11.5 Å². The Morgan fingerprint density at radius 1 is 1.00 bits per heavy atom. The van der Waals surface area contributed by atoms with Crippen LogP contribution >= 0.6 is 0 Å². The third-order valence-electron chi connectivity index (χ3n) is 6.64. The minimum absolute atomic E-state index is 0.332. The predicted molar refractivity (Wildman–Crippen MR) is 127 cm³/mol. The van der Waals surface area contributed by atoms with Gasteiger partial charge < -0.3 is 9.47 Å². The van der Waals surface area contributed by atoms with Gasteiger partial charge in [0.15, 0.2) is 5.75 Å². The Balaban J connectivity index is 1.34. The molecule has 7 nitrogen and oxygen atoms in total. The maximum Gasteiger partial charge on any atom is 0.168 e. The van der Waals surface area contributed by atoms with Crippen LogP contribution in [0.4, 0.5) is 0 Å². The van der Waals surface area contributed by atoms with E-state index in [0.717, 1.165) is 65.3 Å². The van der Waals surface area contributed by atoms with E-state index in [2.05, 4.69) is 59.2 Å². The van der Waals surface area contributed by atoms with Crippen LogP contribution in [0, 0.1) is 0 Å². The highest BCUT2D eigenvalue weighted by Crippen LogP contribution is 2.41. The first-order valence-corrected chi connectivity index (χ1v) is 11.9. The Labute approximate surface area is 193 Å². The maximum absolute atomic E-state index is 6.54. The molecule has 4 aromatic rings. The van der Waals surface area contributed by atoms with Gasteiger partial charge in [-0.15, -0.1) is 0 Å². The van der Waals surface area contributed by atoms with Crippen molar-refractivity contribution in [3.05, 3.63) is 54.7 Å². The van der Waals surface area contributed by atoms with Crippen LogP contribution in [-0.4, -0.2) is 37.8 Å². The summed E-state index contributed by atoms with van der Waals surface area (Å²) in [5, 5.41) is 10.4. The van der Waals surface area contributed by atoms with Crippen LogP contribution in [0.3, 0.4) is 0 Å². The zero-order valence-electron chi connectivity index (χ0n) is 19.1. The molecule has 0 bridgehead atoms. The number of benzene rings is 1. The Morgan fingerprint density at radius 3 is 2.61 bits per heavy atom. The van der Waals surface area contributed by atoms with E-state index in [1.165, 1.54) is 12.8 Å². The summed E-state index contributed by atoms with van der Waals surface area (Å²) in [6.07, 6.45) is 12.3. The van der Waals surface area contributed by atoms with Crippen molar-refractivity contribution in [1.82, 2.24) is 24.5 Å². The number of aromatic nitrogens is 5. The molecule has 1 aliphatic carbocycles. The minimum Gasteiger partial charge on any atom is -0.453 e. The van der Waals surface area contributed by atoms with Crippen molar-refractivity contribution in [3.63, 3.8) is 0 Å². The van der Waals surface area contributed by atoms with Gasteiger partial charge in [-0.1, -0.05) is 6.07 Å². The molecule has 33 heavy (non-hydrogen) atoms. The van der Waals surface area contributed by atoms with Gasteiger partial charge in [0.25, 0.3) is 0 Å². The largest absolute Gasteiger partial charge is 0.453 e. The van der Waals surface area contributed by atoms with Gasteiger partial charge in [-0.25, -0.2) is 0 Å². The van der Waals surface area contributed by atoms with E-state index in [9.17, 15) is 0 Å². The van der Waals surface area contributed by atoms with Crippen molar-refractivity contribution in [3.8, 4) is 22.6 Å². The van der Waals surface area contributed by atoms with Crippen molar-refractivity contribution in [2.45, 2.75) is 57.5 Å². The molecule has 4 heterocycles. The predicted octanol–water partition coefficient (Wildman–Crippen LogP) is 5.90. The van der Waals surface area contributed by atoms with E-state index in [1.54, 1.807) is 0 Å². The first-order valence-electron chi connectivity index (χ1n) is 11.9. The Morgan fingerprint density at radius 2 is 1.85 bits per heavy atom. The number of nitrogens with zero attached hydrogens (tertiary/aromatic N) is 5. The lowest BCUT2D eigenvalue weighted by Crippen LogP contribution is -2.15. The highest BCUT2D eigenvalue weighted by molar-refractivity contribution is 5.89. The van der Waals surface area contributed by atoms with Crippen LogP contribution in [0.25, 0.3) is 22.0 Å². The fourth-order valence-electron chi connectivity index (χ4n) is 4.53. The number of pyridine rings is 1. The van der Waals surface area contributed by atoms with Crippen LogP contribution in [-0.2, 0) is 4.74 Å². The molecule has 1 saturated carbocycles. The number of fused-ring (bicyclic) bond motifs is 1. The second kappa shape index (κ2) is 8.30. The van der Waals surface area contributed by atoms with Crippen molar-refractivity contribution in [1.29, 1.82) is 0 Å². The van der Waals surface area contributed by atoms with E-state index in [1.807, 2.05) is 23.1 Å². The second-order valence-electron chi connectivity index (χ2n) is 9.42. The molecular weight excluding hydrogens is 414 g/mol. The van der Waals surface area contributed by atoms with Crippen LogP contribution in [0.1, 0.15) is 63.2 Å². The van der Waals surface area contributed by atoms with E-state index in [0.29, 0.717) is 18.0 Å². The molecule has 0 spiro atoms. The standard InChI is InChI=1S/C26H29N5O2/c1-17(2)30-15-20(14-28-30)19-3-6-22-23(13-19)27-10-7-24(22)33-25-16-31(21-4-5-21)29-26(25)18-8-11-32-12-9-18/h3,6-7,10,13-18,21H,4-5,8-9,11-12H2,1-2H3. The quantitative estimate of drug-likeness (QED) is 0.371. The van der Waals surface area contributed by atoms with E-state index >= 15 is 0 Å². The first kappa shape index (κ1) is 20.4. The molecule has 0 unspecified atom stereocenters. The van der Waals surface area contributed by atoms with Gasteiger partial charge >= 0.3 is 0 Å². The van der Waals surface area contributed by atoms with Gasteiger partial charge in [-0.05, 0) is 63.3 Å².